The zero-order chi connectivity index (χ0) is 26.6. The maximum atomic E-state index is 13.2. The monoisotopic (exact) mass is 530 g/mol. The van der Waals surface area contributed by atoms with E-state index in [2.05, 4.69) is 29.4 Å². The lowest BCUT2D eigenvalue weighted by Crippen LogP contribution is -2.69. The second kappa shape index (κ2) is 11.2. The summed E-state index contributed by atoms with van der Waals surface area (Å²) in [5.41, 5.74) is 0.0359. The number of aromatic nitrogens is 2. The van der Waals surface area contributed by atoms with Gasteiger partial charge in [0, 0.05) is 17.7 Å². The molecule has 5 rings (SSSR count). The Morgan fingerprint density at radius 1 is 1.30 bits per heavy atom. The summed E-state index contributed by atoms with van der Waals surface area (Å²) in [6.07, 6.45) is 9.57. The second-order valence-electron chi connectivity index (χ2n) is 9.75. The number of hydrogen-bond acceptors (Lipinski definition) is 9. The van der Waals surface area contributed by atoms with Gasteiger partial charge < -0.3 is 25.6 Å². The fourth-order valence-corrected chi connectivity index (χ4v) is 5.22. The summed E-state index contributed by atoms with van der Waals surface area (Å²) in [5.74, 6) is -1.67. The fraction of sp³-hybridized carbons (Fsp3) is 0.542. The molecule has 0 saturated heterocycles. The summed E-state index contributed by atoms with van der Waals surface area (Å²) >= 11 is 0.859. The Morgan fingerprint density at radius 2 is 2.05 bits per heavy atom. The summed E-state index contributed by atoms with van der Waals surface area (Å²) in [6, 6.07) is -1.23. The lowest BCUT2D eigenvalue weighted by molar-refractivity contribution is -0.141. The molecule has 3 N–H and O–H groups in total. The van der Waals surface area contributed by atoms with Gasteiger partial charge in [-0.3, -0.25) is 19.2 Å². The van der Waals surface area contributed by atoms with E-state index in [0.29, 0.717) is 6.42 Å². The molecule has 2 atom stereocenters. The van der Waals surface area contributed by atoms with E-state index in [0.717, 1.165) is 36.9 Å². The molecule has 1 aromatic heterocycles. The summed E-state index contributed by atoms with van der Waals surface area (Å²) in [7, 11) is 1.25. The van der Waals surface area contributed by atoms with Gasteiger partial charge in [0.2, 0.25) is 11.8 Å². The van der Waals surface area contributed by atoms with Gasteiger partial charge in [-0.1, -0.05) is 12.2 Å². The molecule has 13 heteroatoms. The van der Waals surface area contributed by atoms with Crippen LogP contribution in [0.15, 0.2) is 30.1 Å². The smallest absolute Gasteiger partial charge is 0.330 e. The maximum absolute atomic E-state index is 13.2. The van der Waals surface area contributed by atoms with Crippen molar-refractivity contribution in [2.24, 2.45) is 5.92 Å². The van der Waals surface area contributed by atoms with Crippen LogP contribution in [0.3, 0.4) is 0 Å². The van der Waals surface area contributed by atoms with Crippen LogP contribution in [0, 0.1) is 5.92 Å². The largest absolute Gasteiger partial charge is 0.466 e. The Kier molecular flexibility index (Phi) is 8.00. The van der Waals surface area contributed by atoms with Crippen molar-refractivity contribution in [3.05, 3.63) is 35.8 Å². The van der Waals surface area contributed by atoms with Gasteiger partial charge >= 0.3 is 5.97 Å². The first-order valence-corrected chi connectivity index (χ1v) is 12.9. The quantitative estimate of drug-likeness (QED) is 0.274. The zero-order valence-corrected chi connectivity index (χ0v) is 21.5. The Bertz CT molecular complexity index is 1120. The topological polar surface area (TPSA) is 160 Å². The molecule has 2 heterocycles. The molecule has 1 unspecified atom stereocenters. The number of methoxy groups -OCH3 is 1. The number of amides is 4. The average Bonchev–Trinajstić information content (AvgIpc) is 3.37. The summed E-state index contributed by atoms with van der Waals surface area (Å²) in [4.78, 5) is 64.2. The van der Waals surface area contributed by atoms with E-state index < -0.39 is 29.7 Å². The molecule has 198 valence electrons. The summed E-state index contributed by atoms with van der Waals surface area (Å²) in [5, 5.41) is 8.29. The highest BCUT2D eigenvalue weighted by molar-refractivity contribution is 6.99. The lowest BCUT2D eigenvalue weighted by atomic mass is 9.50. The number of allylic oxidation sites excluding steroid dienone is 1. The highest BCUT2D eigenvalue weighted by atomic mass is 32.1. The molecule has 0 spiro atoms. The van der Waals surface area contributed by atoms with Crippen LogP contribution in [0.2, 0.25) is 0 Å². The van der Waals surface area contributed by atoms with Gasteiger partial charge in [0.15, 0.2) is 5.69 Å². The first-order valence-electron chi connectivity index (χ1n) is 12.2. The minimum Gasteiger partial charge on any atom is -0.466 e. The van der Waals surface area contributed by atoms with Gasteiger partial charge in [-0.15, -0.1) is 0 Å². The minimum absolute atomic E-state index is 0.0566. The van der Waals surface area contributed by atoms with E-state index in [9.17, 15) is 24.0 Å². The van der Waals surface area contributed by atoms with Gasteiger partial charge in [0.1, 0.15) is 18.3 Å². The van der Waals surface area contributed by atoms with Crippen molar-refractivity contribution >= 4 is 41.3 Å². The van der Waals surface area contributed by atoms with Crippen LogP contribution >= 0.6 is 11.7 Å². The molecule has 3 fully saturated rings. The van der Waals surface area contributed by atoms with Crippen molar-refractivity contribution in [1.29, 1.82) is 0 Å². The second-order valence-corrected chi connectivity index (χ2v) is 10.3. The third kappa shape index (κ3) is 6.21. The Hall–Kier alpha value is -3.61. The van der Waals surface area contributed by atoms with Crippen molar-refractivity contribution in [2.45, 2.75) is 63.1 Å². The van der Waals surface area contributed by atoms with Gasteiger partial charge in [-0.25, -0.2) is 4.79 Å². The number of carbonyl (C=O) groups is 5. The van der Waals surface area contributed by atoms with E-state index in [1.807, 2.05) is 6.92 Å². The van der Waals surface area contributed by atoms with Gasteiger partial charge in [0.25, 0.3) is 11.8 Å². The molecule has 12 nitrogen and oxygen atoms in total. The molecule has 4 aliphatic rings. The standard InChI is InChI=1S/C24H30N6O6S/c1-14-7-8-17(23(35)30(14)13-19(31)28-24-9-15(10-24)11-24)27-21(33)16(5-3-4-6-20(32)36-2)26-22(34)18-12-25-37-29-18/h4,6,8,12,14-16H,3,5,7,9-11,13H2,1-2H3,(H,26,34)(H,27,33)(H,28,31)/b6-4+/t14?,15?,16-,24?/m0/s1. The lowest BCUT2D eigenvalue weighted by Gasteiger charge is -2.62. The van der Waals surface area contributed by atoms with Crippen molar-refractivity contribution < 1.29 is 28.7 Å². The molecule has 3 saturated carbocycles. The Morgan fingerprint density at radius 3 is 2.68 bits per heavy atom. The molecular weight excluding hydrogens is 500 g/mol. The van der Waals surface area contributed by atoms with Crippen LogP contribution in [0.1, 0.15) is 55.9 Å². The van der Waals surface area contributed by atoms with Crippen LogP contribution in [0.5, 0.6) is 0 Å². The predicted molar refractivity (Wildman–Crippen MR) is 132 cm³/mol. The van der Waals surface area contributed by atoms with Crippen LogP contribution in [-0.4, -0.2) is 74.5 Å². The van der Waals surface area contributed by atoms with E-state index in [4.69, 9.17) is 0 Å². The normalized spacial score (nSPS) is 24.9. The number of esters is 1. The van der Waals surface area contributed by atoms with Crippen LogP contribution in [0.25, 0.3) is 0 Å². The average molecular weight is 531 g/mol. The van der Waals surface area contributed by atoms with E-state index in [-0.39, 0.29) is 48.3 Å². The molecule has 0 aromatic carbocycles. The van der Waals surface area contributed by atoms with E-state index in [1.54, 1.807) is 6.08 Å². The van der Waals surface area contributed by atoms with Crippen LogP contribution in [0.4, 0.5) is 0 Å². The molecule has 3 aliphatic carbocycles. The number of ether oxygens (including phenoxy) is 1. The zero-order valence-electron chi connectivity index (χ0n) is 20.7. The minimum atomic E-state index is -1.02. The van der Waals surface area contributed by atoms with E-state index in [1.165, 1.54) is 30.4 Å². The highest BCUT2D eigenvalue weighted by Gasteiger charge is 2.57. The maximum Gasteiger partial charge on any atom is 0.330 e. The molecule has 37 heavy (non-hydrogen) atoms. The van der Waals surface area contributed by atoms with Crippen molar-refractivity contribution in [3.63, 3.8) is 0 Å². The van der Waals surface area contributed by atoms with Gasteiger partial charge in [-0.05, 0) is 51.4 Å². The predicted octanol–water partition coefficient (Wildman–Crippen LogP) is 0.436. The molecule has 2 bridgehead atoms. The molecule has 1 aromatic rings. The SMILES string of the molecule is COC(=O)/C=C/CC[C@H](NC(=O)c1cnsn1)C(=O)NC1=CCC(C)N(CC(=O)NC23CC(C2)C3)C1=O. The first kappa shape index (κ1) is 26.5. The third-order valence-corrected chi connectivity index (χ3v) is 7.47. The number of carbonyl (C=O) groups excluding carboxylic acids is 5. The Labute approximate surface area is 218 Å². The number of nitrogens with one attached hydrogen (secondary N) is 3. The van der Waals surface area contributed by atoms with Crippen LogP contribution < -0.4 is 16.0 Å². The molecule has 1 aliphatic heterocycles. The van der Waals surface area contributed by atoms with Crippen molar-refractivity contribution in [3.8, 4) is 0 Å². The van der Waals surface area contributed by atoms with Crippen molar-refractivity contribution in [2.75, 3.05) is 13.7 Å². The number of rotatable bonds is 11. The van der Waals surface area contributed by atoms with Crippen LogP contribution in [-0.2, 0) is 23.9 Å². The third-order valence-electron chi connectivity index (χ3n) is 6.99. The fourth-order valence-electron chi connectivity index (χ4n) is 4.81. The van der Waals surface area contributed by atoms with Gasteiger partial charge in [-0.2, -0.15) is 8.75 Å². The van der Waals surface area contributed by atoms with Crippen molar-refractivity contribution in [1.82, 2.24) is 29.6 Å². The highest BCUT2D eigenvalue weighted by Crippen LogP contribution is 2.56. The Balaban J connectivity index is 1.38. The summed E-state index contributed by atoms with van der Waals surface area (Å²) in [6.45, 7) is 1.76. The molecular formula is C24H30N6O6S. The van der Waals surface area contributed by atoms with Gasteiger partial charge in [0.05, 0.1) is 25.0 Å². The molecule has 4 amide bonds. The number of hydrogen-bond donors (Lipinski definition) is 3. The first-order chi connectivity index (χ1) is 17.7. The van der Waals surface area contributed by atoms with E-state index >= 15 is 0 Å². The summed E-state index contributed by atoms with van der Waals surface area (Å²) < 4.78 is 12.2. The molecule has 0 radical (unpaired) electrons. The number of nitrogens with zero attached hydrogens (tertiary/aromatic N) is 3.